The molecular formula is C21H27NO3. The van der Waals surface area contributed by atoms with Crippen LogP contribution in [0.15, 0.2) is 36.4 Å². The average Bonchev–Trinajstić information content (AvgIpc) is 2.63. The zero-order valence-corrected chi connectivity index (χ0v) is 15.3. The molecule has 0 aromatic heterocycles. The van der Waals surface area contributed by atoms with Crippen molar-refractivity contribution in [3.63, 3.8) is 0 Å². The second-order valence-electron chi connectivity index (χ2n) is 6.94. The standard InChI is InChI=1S/C21H27NO3/c1-4-25-19-12-11-18(16-9-5-6-10-17(16)19)22-20(23)21(24-3)13-7-8-15(2)14-21/h5-6,9-12,15H,4,7-8,13-14H2,1-3H3,(H,22,23)/t15-,21+/m1/s1. The van der Waals surface area contributed by atoms with Crippen LogP contribution in [-0.4, -0.2) is 25.2 Å². The Morgan fingerprint density at radius 1 is 1.24 bits per heavy atom. The molecule has 25 heavy (non-hydrogen) atoms. The zero-order valence-electron chi connectivity index (χ0n) is 15.3. The van der Waals surface area contributed by atoms with E-state index < -0.39 is 5.60 Å². The van der Waals surface area contributed by atoms with Crippen molar-refractivity contribution in [2.24, 2.45) is 5.92 Å². The normalized spacial score (nSPS) is 23.4. The number of carbonyl (C=O) groups is 1. The van der Waals surface area contributed by atoms with Crippen LogP contribution in [0.25, 0.3) is 10.8 Å². The van der Waals surface area contributed by atoms with Crippen LogP contribution in [-0.2, 0) is 9.53 Å². The molecule has 3 rings (SSSR count). The molecule has 1 fully saturated rings. The number of hydrogen-bond donors (Lipinski definition) is 1. The zero-order chi connectivity index (χ0) is 17.9. The van der Waals surface area contributed by atoms with E-state index >= 15 is 0 Å². The molecule has 1 amide bonds. The largest absolute Gasteiger partial charge is 0.493 e. The minimum atomic E-state index is -0.725. The van der Waals surface area contributed by atoms with Crippen molar-refractivity contribution < 1.29 is 14.3 Å². The summed E-state index contributed by atoms with van der Waals surface area (Å²) in [5, 5.41) is 5.11. The van der Waals surface area contributed by atoms with E-state index in [9.17, 15) is 4.79 Å². The number of ether oxygens (including phenoxy) is 2. The van der Waals surface area contributed by atoms with Crippen LogP contribution in [0.1, 0.15) is 39.5 Å². The lowest BCUT2D eigenvalue weighted by atomic mass is 9.78. The second-order valence-corrected chi connectivity index (χ2v) is 6.94. The quantitative estimate of drug-likeness (QED) is 0.852. The van der Waals surface area contributed by atoms with Crippen LogP contribution < -0.4 is 10.1 Å². The second kappa shape index (κ2) is 7.44. The maximum atomic E-state index is 13.1. The number of rotatable bonds is 5. The smallest absolute Gasteiger partial charge is 0.256 e. The Morgan fingerprint density at radius 3 is 2.68 bits per heavy atom. The number of carbonyl (C=O) groups excluding carboxylic acids is 1. The van der Waals surface area contributed by atoms with Gasteiger partial charge in [0.2, 0.25) is 0 Å². The molecule has 2 atom stereocenters. The van der Waals surface area contributed by atoms with Crippen LogP contribution in [0, 0.1) is 5.92 Å². The predicted molar refractivity (Wildman–Crippen MR) is 101 cm³/mol. The Kier molecular flexibility index (Phi) is 5.28. The lowest BCUT2D eigenvalue weighted by Gasteiger charge is -2.37. The van der Waals surface area contributed by atoms with Crippen LogP contribution >= 0.6 is 0 Å². The summed E-state index contributed by atoms with van der Waals surface area (Å²) in [6, 6.07) is 11.8. The molecule has 2 aromatic rings. The van der Waals surface area contributed by atoms with Crippen molar-refractivity contribution in [1.82, 2.24) is 0 Å². The van der Waals surface area contributed by atoms with Crippen molar-refractivity contribution in [1.29, 1.82) is 0 Å². The number of fused-ring (bicyclic) bond motifs is 1. The first-order chi connectivity index (χ1) is 12.1. The van der Waals surface area contributed by atoms with Gasteiger partial charge in [0, 0.05) is 23.6 Å². The summed E-state index contributed by atoms with van der Waals surface area (Å²) >= 11 is 0. The number of amides is 1. The highest BCUT2D eigenvalue weighted by Gasteiger charge is 2.42. The third kappa shape index (κ3) is 3.49. The van der Waals surface area contributed by atoms with Crippen molar-refractivity contribution in [3.05, 3.63) is 36.4 Å². The van der Waals surface area contributed by atoms with Crippen LogP contribution in [0.4, 0.5) is 5.69 Å². The highest BCUT2D eigenvalue weighted by atomic mass is 16.5. The molecule has 1 saturated carbocycles. The minimum Gasteiger partial charge on any atom is -0.493 e. The molecule has 1 aliphatic rings. The lowest BCUT2D eigenvalue weighted by molar-refractivity contribution is -0.143. The Hall–Kier alpha value is -2.07. The SMILES string of the molecule is CCOc1ccc(NC(=O)[C@]2(OC)CCC[C@@H](C)C2)c2ccccc12. The Morgan fingerprint density at radius 2 is 2.00 bits per heavy atom. The molecule has 2 aromatic carbocycles. The number of nitrogens with one attached hydrogen (secondary N) is 1. The summed E-state index contributed by atoms with van der Waals surface area (Å²) in [6.45, 7) is 4.77. The van der Waals surface area contributed by atoms with Crippen molar-refractivity contribution in [2.75, 3.05) is 19.0 Å². The van der Waals surface area contributed by atoms with Gasteiger partial charge in [0.05, 0.1) is 6.61 Å². The highest BCUT2D eigenvalue weighted by Crippen LogP contribution is 2.37. The first-order valence-electron chi connectivity index (χ1n) is 9.11. The van der Waals surface area contributed by atoms with Gasteiger partial charge in [0.1, 0.15) is 11.4 Å². The van der Waals surface area contributed by atoms with Gasteiger partial charge in [-0.3, -0.25) is 4.79 Å². The number of benzene rings is 2. The maximum Gasteiger partial charge on any atom is 0.256 e. The monoisotopic (exact) mass is 341 g/mol. The van der Waals surface area contributed by atoms with Gasteiger partial charge in [-0.05, 0) is 44.2 Å². The molecule has 0 heterocycles. The van der Waals surface area contributed by atoms with Crippen molar-refractivity contribution in [2.45, 2.75) is 45.1 Å². The van der Waals surface area contributed by atoms with E-state index in [1.165, 1.54) is 0 Å². The molecule has 0 unspecified atom stereocenters. The van der Waals surface area contributed by atoms with Gasteiger partial charge in [-0.1, -0.05) is 37.6 Å². The first-order valence-corrected chi connectivity index (χ1v) is 9.11. The Balaban J connectivity index is 1.92. The molecule has 0 bridgehead atoms. The number of anilines is 1. The van der Waals surface area contributed by atoms with E-state index in [0.29, 0.717) is 12.5 Å². The molecule has 0 saturated heterocycles. The molecule has 4 nitrogen and oxygen atoms in total. The Bertz CT molecular complexity index is 758. The summed E-state index contributed by atoms with van der Waals surface area (Å²) in [4.78, 5) is 13.1. The van der Waals surface area contributed by atoms with Crippen molar-refractivity contribution >= 4 is 22.4 Å². The predicted octanol–water partition coefficient (Wildman–Crippen LogP) is 4.77. The molecule has 1 N–H and O–H groups in total. The van der Waals surface area contributed by atoms with E-state index in [0.717, 1.165) is 47.9 Å². The van der Waals surface area contributed by atoms with Gasteiger partial charge in [-0.25, -0.2) is 0 Å². The molecule has 0 aliphatic heterocycles. The summed E-state index contributed by atoms with van der Waals surface area (Å²) in [5.74, 6) is 1.29. The van der Waals surface area contributed by atoms with E-state index in [2.05, 4.69) is 12.2 Å². The third-order valence-electron chi connectivity index (χ3n) is 5.19. The molecule has 0 radical (unpaired) electrons. The van der Waals surface area contributed by atoms with Crippen LogP contribution in [0.2, 0.25) is 0 Å². The Labute approximate surface area is 149 Å². The van der Waals surface area contributed by atoms with Gasteiger partial charge < -0.3 is 14.8 Å². The van der Waals surface area contributed by atoms with Crippen LogP contribution in [0.3, 0.4) is 0 Å². The van der Waals surface area contributed by atoms with E-state index in [4.69, 9.17) is 9.47 Å². The molecule has 134 valence electrons. The number of methoxy groups -OCH3 is 1. The fraction of sp³-hybridized carbons (Fsp3) is 0.476. The van der Waals surface area contributed by atoms with Crippen LogP contribution in [0.5, 0.6) is 5.75 Å². The van der Waals surface area contributed by atoms with Gasteiger partial charge in [-0.2, -0.15) is 0 Å². The van der Waals surface area contributed by atoms with E-state index in [-0.39, 0.29) is 5.91 Å². The molecule has 1 aliphatic carbocycles. The van der Waals surface area contributed by atoms with Gasteiger partial charge in [0.25, 0.3) is 5.91 Å². The molecule has 4 heteroatoms. The lowest BCUT2D eigenvalue weighted by Crippen LogP contribution is -2.47. The third-order valence-corrected chi connectivity index (χ3v) is 5.19. The number of hydrogen-bond acceptors (Lipinski definition) is 3. The fourth-order valence-corrected chi connectivity index (χ4v) is 3.89. The topological polar surface area (TPSA) is 47.6 Å². The van der Waals surface area contributed by atoms with Gasteiger partial charge >= 0.3 is 0 Å². The molecule has 0 spiro atoms. The first kappa shape index (κ1) is 17.7. The highest BCUT2D eigenvalue weighted by molar-refractivity contribution is 6.06. The van der Waals surface area contributed by atoms with E-state index in [1.807, 2.05) is 43.3 Å². The summed E-state index contributed by atoms with van der Waals surface area (Å²) in [5.41, 5.74) is 0.0795. The summed E-state index contributed by atoms with van der Waals surface area (Å²) in [6.07, 6.45) is 3.72. The van der Waals surface area contributed by atoms with Gasteiger partial charge in [0.15, 0.2) is 0 Å². The van der Waals surface area contributed by atoms with Crippen molar-refractivity contribution in [3.8, 4) is 5.75 Å². The summed E-state index contributed by atoms with van der Waals surface area (Å²) in [7, 11) is 1.65. The average molecular weight is 341 g/mol. The molecular weight excluding hydrogens is 314 g/mol. The van der Waals surface area contributed by atoms with E-state index in [1.54, 1.807) is 7.11 Å². The maximum absolute atomic E-state index is 13.1. The van der Waals surface area contributed by atoms with Gasteiger partial charge in [-0.15, -0.1) is 0 Å². The fourth-order valence-electron chi connectivity index (χ4n) is 3.89. The minimum absolute atomic E-state index is 0.0455. The summed E-state index contributed by atoms with van der Waals surface area (Å²) < 4.78 is 11.4.